The summed E-state index contributed by atoms with van der Waals surface area (Å²) in [5, 5.41) is 0. The van der Waals surface area contributed by atoms with Crippen LogP contribution in [-0.4, -0.2) is 29.9 Å². The van der Waals surface area contributed by atoms with Crippen molar-refractivity contribution < 1.29 is 4.79 Å². The largest absolute Gasteiger partial charge is 0.341 e. The zero-order valence-corrected chi connectivity index (χ0v) is 14.1. The minimum absolute atomic E-state index is 0.167. The third kappa shape index (κ3) is 4.76. The summed E-state index contributed by atoms with van der Waals surface area (Å²) < 4.78 is 0. The molecule has 3 nitrogen and oxygen atoms in total. The number of amides is 1. The van der Waals surface area contributed by atoms with E-state index in [2.05, 4.69) is 34.6 Å². The molecule has 118 valence electrons. The predicted molar refractivity (Wildman–Crippen MR) is 85.4 cm³/mol. The molecule has 1 aliphatic heterocycles. The van der Waals surface area contributed by atoms with Gasteiger partial charge in [0.2, 0.25) is 5.91 Å². The maximum atomic E-state index is 12.3. The van der Waals surface area contributed by atoms with Crippen LogP contribution in [0.15, 0.2) is 0 Å². The summed E-state index contributed by atoms with van der Waals surface area (Å²) in [7, 11) is 0. The van der Waals surface area contributed by atoms with Crippen LogP contribution < -0.4 is 5.73 Å². The molecular formula is C17H34N2O. The lowest BCUT2D eigenvalue weighted by Crippen LogP contribution is -2.48. The molecule has 0 spiro atoms. The standard InChI is InChI=1S/C17H34N2O/c1-6-7-8-15(18)16(20)19-11-9-14(10-12-19)13(2)17(3,4)5/h13-15H,6-12,18H2,1-5H3/t13-,15+/m1/s1. The van der Waals surface area contributed by atoms with Crippen molar-refractivity contribution in [2.75, 3.05) is 13.1 Å². The van der Waals surface area contributed by atoms with Gasteiger partial charge in [-0.2, -0.15) is 0 Å². The SMILES string of the molecule is CCCC[C@H](N)C(=O)N1CCC([C@@H](C)C(C)(C)C)CC1. The number of piperidine rings is 1. The van der Waals surface area contributed by atoms with Gasteiger partial charge in [0.25, 0.3) is 0 Å². The lowest BCUT2D eigenvalue weighted by molar-refractivity contribution is -0.134. The molecule has 1 aliphatic rings. The molecule has 0 aromatic rings. The van der Waals surface area contributed by atoms with E-state index in [1.165, 1.54) is 0 Å². The number of likely N-dealkylation sites (tertiary alicyclic amines) is 1. The van der Waals surface area contributed by atoms with Crippen LogP contribution in [0, 0.1) is 17.3 Å². The number of nitrogens with zero attached hydrogens (tertiary/aromatic N) is 1. The second kappa shape index (κ2) is 7.44. The highest BCUT2D eigenvalue weighted by Crippen LogP contribution is 2.37. The van der Waals surface area contributed by atoms with Gasteiger partial charge in [0.1, 0.15) is 0 Å². The smallest absolute Gasteiger partial charge is 0.239 e. The molecule has 0 aliphatic carbocycles. The van der Waals surface area contributed by atoms with E-state index in [0.29, 0.717) is 11.3 Å². The van der Waals surface area contributed by atoms with Crippen molar-refractivity contribution in [1.29, 1.82) is 0 Å². The Kier molecular flexibility index (Phi) is 6.50. The maximum Gasteiger partial charge on any atom is 0.239 e. The molecule has 2 N–H and O–H groups in total. The third-order valence-electron chi connectivity index (χ3n) is 5.11. The number of carbonyl (C=O) groups excluding carboxylic acids is 1. The Labute approximate surface area is 125 Å². The summed E-state index contributed by atoms with van der Waals surface area (Å²) in [6.07, 6.45) is 5.24. The highest BCUT2D eigenvalue weighted by Gasteiger charge is 2.32. The minimum Gasteiger partial charge on any atom is -0.341 e. The van der Waals surface area contributed by atoms with E-state index in [1.807, 2.05) is 4.90 Å². The summed E-state index contributed by atoms with van der Waals surface area (Å²) in [5.74, 6) is 1.61. The number of unbranched alkanes of at least 4 members (excludes halogenated alkanes) is 1. The van der Waals surface area contributed by atoms with Gasteiger partial charge in [-0.15, -0.1) is 0 Å². The highest BCUT2D eigenvalue weighted by atomic mass is 16.2. The molecule has 1 amide bonds. The fraction of sp³-hybridized carbons (Fsp3) is 0.941. The first-order chi connectivity index (χ1) is 9.27. The molecule has 0 unspecified atom stereocenters. The number of hydrogen-bond donors (Lipinski definition) is 1. The van der Waals surface area contributed by atoms with Crippen molar-refractivity contribution in [1.82, 2.24) is 4.90 Å². The molecule has 0 bridgehead atoms. The topological polar surface area (TPSA) is 46.3 Å². The Hall–Kier alpha value is -0.570. The van der Waals surface area contributed by atoms with Crippen molar-refractivity contribution in [2.24, 2.45) is 23.0 Å². The van der Waals surface area contributed by atoms with Crippen molar-refractivity contribution in [3.8, 4) is 0 Å². The summed E-state index contributed by atoms with van der Waals surface area (Å²) in [6, 6.07) is -0.286. The van der Waals surface area contributed by atoms with Crippen molar-refractivity contribution in [2.45, 2.75) is 72.8 Å². The van der Waals surface area contributed by atoms with Gasteiger partial charge in [0, 0.05) is 13.1 Å². The van der Waals surface area contributed by atoms with E-state index >= 15 is 0 Å². The van der Waals surface area contributed by atoms with Gasteiger partial charge in [0.15, 0.2) is 0 Å². The second-order valence-electron chi connectivity index (χ2n) is 7.57. The van der Waals surface area contributed by atoms with Gasteiger partial charge in [-0.1, -0.05) is 47.5 Å². The number of rotatable bonds is 5. The van der Waals surface area contributed by atoms with Crippen LogP contribution in [0.25, 0.3) is 0 Å². The molecule has 1 saturated heterocycles. The highest BCUT2D eigenvalue weighted by molar-refractivity contribution is 5.81. The van der Waals surface area contributed by atoms with Crippen molar-refractivity contribution in [3.63, 3.8) is 0 Å². The van der Waals surface area contributed by atoms with Crippen LogP contribution in [0.5, 0.6) is 0 Å². The zero-order chi connectivity index (χ0) is 15.3. The van der Waals surface area contributed by atoms with Crippen LogP contribution in [0.3, 0.4) is 0 Å². The molecular weight excluding hydrogens is 248 g/mol. The fourth-order valence-electron chi connectivity index (χ4n) is 3.11. The van der Waals surface area contributed by atoms with Gasteiger partial charge in [-0.05, 0) is 36.5 Å². The minimum atomic E-state index is -0.286. The summed E-state index contributed by atoms with van der Waals surface area (Å²) >= 11 is 0. The Balaban J connectivity index is 2.44. The Morgan fingerprint density at radius 2 is 1.85 bits per heavy atom. The van der Waals surface area contributed by atoms with E-state index in [-0.39, 0.29) is 11.9 Å². The van der Waals surface area contributed by atoms with Crippen LogP contribution in [0.4, 0.5) is 0 Å². The van der Waals surface area contributed by atoms with Gasteiger partial charge < -0.3 is 10.6 Å². The first-order valence-corrected chi connectivity index (χ1v) is 8.31. The molecule has 3 heteroatoms. The Morgan fingerprint density at radius 1 is 1.30 bits per heavy atom. The van der Waals surface area contributed by atoms with Crippen LogP contribution in [-0.2, 0) is 4.79 Å². The van der Waals surface area contributed by atoms with E-state index in [0.717, 1.165) is 51.1 Å². The number of nitrogens with two attached hydrogens (primary N) is 1. The monoisotopic (exact) mass is 282 g/mol. The quantitative estimate of drug-likeness (QED) is 0.840. The molecule has 1 heterocycles. The van der Waals surface area contributed by atoms with E-state index in [9.17, 15) is 4.79 Å². The number of hydrogen-bond acceptors (Lipinski definition) is 2. The van der Waals surface area contributed by atoms with Crippen molar-refractivity contribution in [3.05, 3.63) is 0 Å². The summed E-state index contributed by atoms with van der Waals surface area (Å²) in [5.41, 5.74) is 6.36. The maximum absolute atomic E-state index is 12.3. The molecule has 2 atom stereocenters. The molecule has 0 aromatic carbocycles. The second-order valence-corrected chi connectivity index (χ2v) is 7.57. The average molecular weight is 282 g/mol. The lowest BCUT2D eigenvalue weighted by Gasteiger charge is -2.40. The zero-order valence-electron chi connectivity index (χ0n) is 14.1. The van der Waals surface area contributed by atoms with Gasteiger partial charge in [-0.25, -0.2) is 0 Å². The summed E-state index contributed by atoms with van der Waals surface area (Å²) in [6.45, 7) is 13.2. The molecule has 1 rings (SSSR count). The molecule has 0 saturated carbocycles. The lowest BCUT2D eigenvalue weighted by atomic mass is 9.71. The van der Waals surface area contributed by atoms with Crippen molar-refractivity contribution >= 4 is 5.91 Å². The predicted octanol–water partition coefficient (Wildman–Crippen LogP) is 3.42. The van der Waals surface area contributed by atoms with Gasteiger partial charge in [-0.3, -0.25) is 4.79 Å². The molecule has 0 radical (unpaired) electrons. The van der Waals surface area contributed by atoms with Gasteiger partial charge in [0.05, 0.1) is 6.04 Å². The molecule has 0 aromatic heterocycles. The van der Waals surface area contributed by atoms with Crippen LogP contribution >= 0.6 is 0 Å². The fourth-order valence-corrected chi connectivity index (χ4v) is 3.11. The Morgan fingerprint density at radius 3 is 2.30 bits per heavy atom. The molecule has 1 fully saturated rings. The first-order valence-electron chi connectivity index (χ1n) is 8.31. The third-order valence-corrected chi connectivity index (χ3v) is 5.11. The van der Waals surface area contributed by atoms with E-state index in [1.54, 1.807) is 0 Å². The number of carbonyl (C=O) groups is 1. The first kappa shape index (κ1) is 17.5. The summed E-state index contributed by atoms with van der Waals surface area (Å²) in [4.78, 5) is 14.3. The van der Waals surface area contributed by atoms with E-state index < -0.39 is 0 Å². The average Bonchev–Trinajstić information content (AvgIpc) is 2.42. The van der Waals surface area contributed by atoms with Crippen LogP contribution in [0.2, 0.25) is 0 Å². The Bertz CT molecular complexity index is 301. The van der Waals surface area contributed by atoms with Crippen LogP contribution in [0.1, 0.15) is 66.7 Å². The normalized spacial score (nSPS) is 20.8. The van der Waals surface area contributed by atoms with E-state index in [4.69, 9.17) is 5.73 Å². The molecule has 20 heavy (non-hydrogen) atoms. The van der Waals surface area contributed by atoms with Gasteiger partial charge >= 0.3 is 0 Å².